The number of nitrogens with one attached hydrogen (secondary N) is 1. The van der Waals surface area contributed by atoms with Crippen molar-refractivity contribution in [2.45, 2.75) is 26.2 Å². The van der Waals surface area contributed by atoms with Crippen LogP contribution >= 0.6 is 11.6 Å². The van der Waals surface area contributed by atoms with Gasteiger partial charge in [-0.25, -0.2) is 0 Å². The Kier molecular flexibility index (Phi) is 5.91. The quantitative estimate of drug-likeness (QED) is 0.539. The fourth-order valence-corrected chi connectivity index (χ4v) is 5.08. The van der Waals surface area contributed by atoms with E-state index in [1.807, 2.05) is 25.1 Å². The molecule has 2 fully saturated rings. The van der Waals surface area contributed by atoms with Crippen LogP contribution in [0.1, 0.15) is 35.2 Å². The number of carbonyl (C=O) groups is 3. The third-order valence-electron chi connectivity index (χ3n) is 6.35. The summed E-state index contributed by atoms with van der Waals surface area (Å²) in [6.45, 7) is 1.49. The first-order chi connectivity index (χ1) is 14.4. The highest BCUT2D eigenvalue weighted by molar-refractivity contribution is 6.31. The van der Waals surface area contributed by atoms with E-state index < -0.39 is 17.8 Å². The number of esters is 1. The summed E-state index contributed by atoms with van der Waals surface area (Å²) in [5.74, 6) is -1.35. The standard InChI is InChI=1S/C24H24ClNO4/c1-14-7-10-18(12-19(14)25)26-20(27)13-30-24(29)22-17-9-8-16(11-17)21(22)23(28)15-5-3-2-4-6-15/h2-7,10,12,16-17,21-22H,8-9,11,13H2,1H3,(H,26,27)/t16-,17-,21-,22-/m0/s1. The summed E-state index contributed by atoms with van der Waals surface area (Å²) in [6.07, 6.45) is 2.76. The zero-order valence-corrected chi connectivity index (χ0v) is 17.5. The molecule has 2 aliphatic rings. The van der Waals surface area contributed by atoms with E-state index in [0.717, 1.165) is 24.8 Å². The molecule has 0 aromatic heterocycles. The van der Waals surface area contributed by atoms with Gasteiger partial charge in [-0.3, -0.25) is 14.4 Å². The number of carbonyl (C=O) groups excluding carboxylic acids is 3. The molecule has 0 aliphatic heterocycles. The smallest absolute Gasteiger partial charge is 0.310 e. The highest BCUT2D eigenvalue weighted by Crippen LogP contribution is 2.53. The molecule has 0 heterocycles. The second kappa shape index (κ2) is 8.60. The van der Waals surface area contributed by atoms with Gasteiger partial charge in [0.1, 0.15) is 0 Å². The SMILES string of the molecule is Cc1ccc(NC(=O)COC(=O)[C@H]2[C@H]3CC[C@@H](C3)[C@@H]2C(=O)c2ccccc2)cc1Cl. The van der Waals surface area contributed by atoms with Crippen LogP contribution in [-0.2, 0) is 14.3 Å². The maximum absolute atomic E-state index is 13.1. The maximum Gasteiger partial charge on any atom is 0.310 e. The highest BCUT2D eigenvalue weighted by atomic mass is 35.5. The summed E-state index contributed by atoms with van der Waals surface area (Å²) in [5, 5.41) is 3.23. The molecule has 5 nitrogen and oxygen atoms in total. The maximum atomic E-state index is 13.1. The zero-order valence-electron chi connectivity index (χ0n) is 16.8. The Morgan fingerprint density at radius 1 is 1.03 bits per heavy atom. The van der Waals surface area contributed by atoms with Crippen LogP contribution in [0.15, 0.2) is 48.5 Å². The van der Waals surface area contributed by atoms with Gasteiger partial charge in [-0.1, -0.05) is 48.0 Å². The average molecular weight is 426 g/mol. The van der Waals surface area contributed by atoms with Crippen LogP contribution in [0.3, 0.4) is 0 Å². The minimum atomic E-state index is -0.474. The summed E-state index contributed by atoms with van der Waals surface area (Å²) in [5.41, 5.74) is 2.08. The van der Waals surface area contributed by atoms with Crippen LogP contribution < -0.4 is 5.32 Å². The Morgan fingerprint density at radius 2 is 1.73 bits per heavy atom. The van der Waals surface area contributed by atoms with Crippen LogP contribution in [0.4, 0.5) is 5.69 Å². The number of ether oxygens (including phenoxy) is 1. The largest absolute Gasteiger partial charge is 0.455 e. The summed E-state index contributed by atoms with van der Waals surface area (Å²) in [4.78, 5) is 38.2. The topological polar surface area (TPSA) is 72.5 Å². The molecular formula is C24H24ClNO4. The first-order valence-electron chi connectivity index (χ1n) is 10.3. The molecule has 2 aromatic rings. The van der Waals surface area contributed by atoms with Crippen LogP contribution in [0.5, 0.6) is 0 Å². The van der Waals surface area contributed by atoms with Gasteiger partial charge in [0.15, 0.2) is 12.4 Å². The summed E-state index contributed by atoms with van der Waals surface area (Å²) in [7, 11) is 0. The highest BCUT2D eigenvalue weighted by Gasteiger charge is 2.54. The lowest BCUT2D eigenvalue weighted by Gasteiger charge is -2.28. The average Bonchev–Trinajstić information content (AvgIpc) is 3.36. The number of amides is 1. The Morgan fingerprint density at radius 3 is 2.43 bits per heavy atom. The molecule has 156 valence electrons. The normalized spacial score (nSPS) is 24.5. The van der Waals surface area contributed by atoms with E-state index in [1.165, 1.54) is 0 Å². The van der Waals surface area contributed by atoms with Crippen molar-refractivity contribution < 1.29 is 19.1 Å². The molecule has 0 radical (unpaired) electrons. The molecule has 1 amide bonds. The van der Waals surface area contributed by atoms with Gasteiger partial charge in [0.05, 0.1) is 5.92 Å². The third kappa shape index (κ3) is 4.12. The number of hydrogen-bond acceptors (Lipinski definition) is 4. The van der Waals surface area contributed by atoms with Gasteiger partial charge in [0, 0.05) is 22.2 Å². The number of ketones is 1. The van der Waals surface area contributed by atoms with E-state index in [0.29, 0.717) is 16.3 Å². The summed E-state index contributed by atoms with van der Waals surface area (Å²) in [6, 6.07) is 14.3. The van der Waals surface area contributed by atoms with Gasteiger partial charge in [-0.2, -0.15) is 0 Å². The predicted octanol–water partition coefficient (Wildman–Crippen LogP) is 4.68. The number of hydrogen-bond donors (Lipinski definition) is 1. The first-order valence-corrected chi connectivity index (χ1v) is 10.6. The van der Waals surface area contributed by atoms with Crippen LogP contribution in [0.25, 0.3) is 0 Å². The minimum absolute atomic E-state index is 0.00324. The van der Waals surface area contributed by atoms with Crippen LogP contribution in [0, 0.1) is 30.6 Å². The number of halogens is 1. The zero-order chi connectivity index (χ0) is 21.3. The van der Waals surface area contributed by atoms with Crippen molar-refractivity contribution >= 4 is 34.9 Å². The van der Waals surface area contributed by atoms with E-state index in [1.54, 1.807) is 30.3 Å². The van der Waals surface area contributed by atoms with Crippen molar-refractivity contribution in [3.05, 3.63) is 64.7 Å². The summed E-state index contributed by atoms with van der Waals surface area (Å²) >= 11 is 6.07. The second-order valence-electron chi connectivity index (χ2n) is 8.23. The molecule has 0 unspecified atom stereocenters. The third-order valence-corrected chi connectivity index (χ3v) is 6.76. The molecule has 0 saturated heterocycles. The summed E-state index contributed by atoms with van der Waals surface area (Å²) < 4.78 is 5.35. The molecule has 30 heavy (non-hydrogen) atoms. The molecule has 4 atom stereocenters. The molecule has 2 bridgehead atoms. The second-order valence-corrected chi connectivity index (χ2v) is 8.64. The number of Topliss-reactive ketones (excluding diaryl/α,β-unsaturated/α-hetero) is 1. The molecule has 2 saturated carbocycles. The number of fused-ring (bicyclic) bond motifs is 2. The van der Waals surface area contributed by atoms with Crippen molar-refractivity contribution in [1.82, 2.24) is 0 Å². The number of aryl methyl sites for hydroxylation is 1. The molecule has 1 N–H and O–H groups in total. The van der Waals surface area contributed by atoms with Gasteiger partial charge in [-0.15, -0.1) is 0 Å². The lowest BCUT2D eigenvalue weighted by Crippen LogP contribution is -2.37. The Hall–Kier alpha value is -2.66. The Labute approximate surface area is 180 Å². The number of anilines is 1. The van der Waals surface area contributed by atoms with Gasteiger partial charge in [0.2, 0.25) is 0 Å². The Bertz CT molecular complexity index is 974. The predicted molar refractivity (Wildman–Crippen MR) is 114 cm³/mol. The monoisotopic (exact) mass is 425 g/mol. The van der Waals surface area contributed by atoms with E-state index in [-0.39, 0.29) is 30.1 Å². The fourth-order valence-electron chi connectivity index (χ4n) is 4.90. The van der Waals surface area contributed by atoms with Crippen molar-refractivity contribution in [2.75, 3.05) is 11.9 Å². The Balaban J connectivity index is 1.39. The van der Waals surface area contributed by atoms with Crippen molar-refractivity contribution in [3.8, 4) is 0 Å². The van der Waals surface area contributed by atoms with Crippen LogP contribution in [0.2, 0.25) is 5.02 Å². The van der Waals surface area contributed by atoms with Crippen molar-refractivity contribution in [3.63, 3.8) is 0 Å². The molecule has 6 heteroatoms. The van der Waals surface area contributed by atoms with Gasteiger partial charge < -0.3 is 10.1 Å². The van der Waals surface area contributed by atoms with Gasteiger partial charge in [0.25, 0.3) is 5.91 Å². The van der Waals surface area contributed by atoms with Crippen molar-refractivity contribution in [1.29, 1.82) is 0 Å². The van der Waals surface area contributed by atoms with Crippen LogP contribution in [-0.4, -0.2) is 24.3 Å². The number of benzene rings is 2. The first kappa shape index (κ1) is 20.6. The number of rotatable bonds is 6. The van der Waals surface area contributed by atoms with E-state index in [9.17, 15) is 14.4 Å². The van der Waals surface area contributed by atoms with Gasteiger partial charge in [-0.05, 0) is 55.7 Å². The lowest BCUT2D eigenvalue weighted by atomic mass is 9.75. The minimum Gasteiger partial charge on any atom is -0.455 e. The van der Waals surface area contributed by atoms with E-state index in [4.69, 9.17) is 16.3 Å². The molecule has 2 aliphatic carbocycles. The van der Waals surface area contributed by atoms with E-state index in [2.05, 4.69) is 5.32 Å². The van der Waals surface area contributed by atoms with Crippen molar-refractivity contribution in [2.24, 2.45) is 23.7 Å². The van der Waals surface area contributed by atoms with E-state index >= 15 is 0 Å². The molecular weight excluding hydrogens is 402 g/mol. The molecule has 2 aromatic carbocycles. The lowest BCUT2D eigenvalue weighted by molar-refractivity contribution is -0.154. The fraction of sp³-hybridized carbons (Fsp3) is 0.375. The molecule has 4 rings (SSSR count). The van der Waals surface area contributed by atoms with Gasteiger partial charge >= 0.3 is 5.97 Å². The molecule has 0 spiro atoms.